The SMILES string of the molecule is Fc1ccc([C@H](Nc2ncnc3sccc23)c2cccs2)cc1. The Kier molecular flexibility index (Phi) is 3.77. The largest absolute Gasteiger partial charge is 0.358 e. The van der Waals surface area contributed by atoms with Crippen molar-refractivity contribution < 1.29 is 4.39 Å². The number of rotatable bonds is 4. The van der Waals surface area contributed by atoms with E-state index in [0.717, 1.165) is 26.5 Å². The average molecular weight is 341 g/mol. The third-order valence-corrected chi connectivity index (χ3v) is 5.33. The number of hydrogen-bond acceptors (Lipinski definition) is 5. The Balaban J connectivity index is 1.77. The smallest absolute Gasteiger partial charge is 0.138 e. The van der Waals surface area contributed by atoms with Crippen molar-refractivity contribution >= 4 is 38.7 Å². The third kappa shape index (κ3) is 2.83. The van der Waals surface area contributed by atoms with Gasteiger partial charge in [-0.3, -0.25) is 0 Å². The summed E-state index contributed by atoms with van der Waals surface area (Å²) in [6.45, 7) is 0. The molecule has 114 valence electrons. The summed E-state index contributed by atoms with van der Waals surface area (Å²) in [5, 5.41) is 8.53. The maximum atomic E-state index is 13.2. The van der Waals surface area contributed by atoms with Crippen LogP contribution in [0.3, 0.4) is 0 Å². The summed E-state index contributed by atoms with van der Waals surface area (Å²) in [7, 11) is 0. The van der Waals surface area contributed by atoms with Crippen molar-refractivity contribution in [1.29, 1.82) is 0 Å². The topological polar surface area (TPSA) is 37.8 Å². The van der Waals surface area contributed by atoms with Gasteiger partial charge in [0.1, 0.15) is 22.8 Å². The molecule has 3 heterocycles. The Bertz CT molecular complexity index is 917. The molecule has 4 aromatic rings. The van der Waals surface area contributed by atoms with E-state index < -0.39 is 0 Å². The van der Waals surface area contributed by atoms with Crippen LogP contribution < -0.4 is 5.32 Å². The number of nitrogens with one attached hydrogen (secondary N) is 1. The molecule has 0 unspecified atom stereocenters. The van der Waals surface area contributed by atoms with Gasteiger partial charge in [0.25, 0.3) is 0 Å². The second-order valence-electron chi connectivity index (χ2n) is 5.01. The van der Waals surface area contributed by atoms with Crippen molar-refractivity contribution in [1.82, 2.24) is 9.97 Å². The minimum Gasteiger partial charge on any atom is -0.358 e. The van der Waals surface area contributed by atoms with Crippen LogP contribution in [0.15, 0.2) is 59.6 Å². The quantitative estimate of drug-likeness (QED) is 0.561. The molecular weight excluding hydrogens is 329 g/mol. The van der Waals surface area contributed by atoms with E-state index in [1.54, 1.807) is 41.1 Å². The van der Waals surface area contributed by atoms with Crippen molar-refractivity contribution in [2.24, 2.45) is 0 Å². The Morgan fingerprint density at radius 2 is 1.83 bits per heavy atom. The summed E-state index contributed by atoms with van der Waals surface area (Å²) in [6.07, 6.45) is 1.57. The van der Waals surface area contributed by atoms with Crippen molar-refractivity contribution in [3.8, 4) is 0 Å². The number of nitrogens with zero attached hydrogens (tertiary/aromatic N) is 2. The molecule has 6 heteroatoms. The van der Waals surface area contributed by atoms with Crippen molar-refractivity contribution in [3.63, 3.8) is 0 Å². The lowest BCUT2D eigenvalue weighted by molar-refractivity contribution is 0.626. The number of aromatic nitrogens is 2. The molecule has 0 amide bonds. The zero-order valence-corrected chi connectivity index (χ0v) is 13.6. The summed E-state index contributed by atoms with van der Waals surface area (Å²) >= 11 is 3.25. The standard InChI is InChI=1S/C17H12FN3S2/c18-12-5-3-11(4-6-12)15(14-2-1-8-22-14)21-16-13-7-9-23-17(13)20-10-19-16/h1-10,15H,(H,19,20,21)/t15-/m0/s1. The first-order valence-electron chi connectivity index (χ1n) is 7.05. The van der Waals surface area contributed by atoms with E-state index in [1.807, 2.05) is 22.9 Å². The molecule has 0 saturated carbocycles. The normalized spacial score (nSPS) is 12.4. The van der Waals surface area contributed by atoms with Gasteiger partial charge in [0, 0.05) is 4.88 Å². The molecule has 1 atom stereocenters. The van der Waals surface area contributed by atoms with Gasteiger partial charge in [-0.05, 0) is 40.6 Å². The minimum atomic E-state index is -0.235. The highest BCUT2D eigenvalue weighted by atomic mass is 32.1. The van der Waals surface area contributed by atoms with Gasteiger partial charge < -0.3 is 5.32 Å². The van der Waals surface area contributed by atoms with Crippen LogP contribution in [0.1, 0.15) is 16.5 Å². The molecule has 23 heavy (non-hydrogen) atoms. The van der Waals surface area contributed by atoms with E-state index in [9.17, 15) is 4.39 Å². The molecule has 0 saturated heterocycles. The molecule has 3 nitrogen and oxygen atoms in total. The first kappa shape index (κ1) is 14.3. The molecule has 0 spiro atoms. The summed E-state index contributed by atoms with van der Waals surface area (Å²) in [6, 6.07) is 12.6. The fraction of sp³-hybridized carbons (Fsp3) is 0.0588. The maximum absolute atomic E-state index is 13.2. The molecule has 0 aliphatic heterocycles. The van der Waals surface area contributed by atoms with Gasteiger partial charge in [-0.25, -0.2) is 14.4 Å². The fourth-order valence-electron chi connectivity index (χ4n) is 2.47. The Labute approximate surface area is 140 Å². The van der Waals surface area contributed by atoms with Gasteiger partial charge in [-0.2, -0.15) is 0 Å². The van der Waals surface area contributed by atoms with Crippen LogP contribution in [0, 0.1) is 5.82 Å². The second kappa shape index (κ2) is 6.06. The first-order valence-corrected chi connectivity index (χ1v) is 8.81. The predicted molar refractivity (Wildman–Crippen MR) is 93.6 cm³/mol. The van der Waals surface area contributed by atoms with Crippen LogP contribution in [-0.2, 0) is 0 Å². The zero-order valence-electron chi connectivity index (χ0n) is 11.9. The Morgan fingerprint density at radius 1 is 0.957 bits per heavy atom. The fourth-order valence-corrected chi connectivity index (χ4v) is 4.01. The highest BCUT2D eigenvalue weighted by Gasteiger charge is 2.17. The summed E-state index contributed by atoms with van der Waals surface area (Å²) in [4.78, 5) is 10.8. The zero-order chi connectivity index (χ0) is 15.6. The highest BCUT2D eigenvalue weighted by molar-refractivity contribution is 7.16. The molecule has 0 fully saturated rings. The molecule has 1 N–H and O–H groups in total. The number of benzene rings is 1. The second-order valence-corrected chi connectivity index (χ2v) is 6.88. The number of hydrogen-bond donors (Lipinski definition) is 1. The molecule has 0 bridgehead atoms. The van der Waals surface area contributed by atoms with Gasteiger partial charge in [-0.1, -0.05) is 18.2 Å². The molecule has 4 rings (SSSR count). The first-order chi connectivity index (χ1) is 11.3. The maximum Gasteiger partial charge on any atom is 0.138 e. The third-order valence-electron chi connectivity index (χ3n) is 3.57. The van der Waals surface area contributed by atoms with E-state index in [2.05, 4.69) is 21.4 Å². The summed E-state index contributed by atoms with van der Waals surface area (Å²) < 4.78 is 13.2. The van der Waals surface area contributed by atoms with Gasteiger partial charge in [0.15, 0.2) is 0 Å². The highest BCUT2D eigenvalue weighted by Crippen LogP contribution is 2.32. The molecular formula is C17H12FN3S2. The van der Waals surface area contributed by atoms with Crippen LogP contribution in [-0.4, -0.2) is 9.97 Å². The van der Waals surface area contributed by atoms with Crippen LogP contribution in [0.5, 0.6) is 0 Å². The van der Waals surface area contributed by atoms with Crippen molar-refractivity contribution in [3.05, 3.63) is 75.8 Å². The van der Waals surface area contributed by atoms with Gasteiger partial charge >= 0.3 is 0 Å². The van der Waals surface area contributed by atoms with Crippen molar-refractivity contribution in [2.75, 3.05) is 5.32 Å². The molecule has 0 radical (unpaired) electrons. The number of thiophene rings is 2. The Morgan fingerprint density at radius 3 is 2.61 bits per heavy atom. The van der Waals surface area contributed by atoms with Crippen LogP contribution in [0.4, 0.5) is 10.2 Å². The summed E-state index contributed by atoms with van der Waals surface area (Å²) in [5.74, 6) is 0.555. The van der Waals surface area contributed by atoms with Crippen molar-refractivity contribution in [2.45, 2.75) is 6.04 Å². The number of halogens is 1. The van der Waals surface area contributed by atoms with Gasteiger partial charge in [0.2, 0.25) is 0 Å². The number of fused-ring (bicyclic) bond motifs is 1. The molecule has 3 aromatic heterocycles. The van der Waals surface area contributed by atoms with Crippen LogP contribution in [0.25, 0.3) is 10.2 Å². The van der Waals surface area contributed by atoms with E-state index in [4.69, 9.17) is 0 Å². The molecule has 0 aliphatic rings. The van der Waals surface area contributed by atoms with Gasteiger partial charge in [0.05, 0.1) is 11.4 Å². The lowest BCUT2D eigenvalue weighted by Gasteiger charge is -2.19. The molecule has 1 aromatic carbocycles. The van der Waals surface area contributed by atoms with Crippen LogP contribution >= 0.6 is 22.7 Å². The van der Waals surface area contributed by atoms with E-state index in [1.165, 1.54) is 12.1 Å². The monoisotopic (exact) mass is 341 g/mol. The minimum absolute atomic E-state index is 0.0754. The number of anilines is 1. The van der Waals surface area contributed by atoms with E-state index in [0.29, 0.717) is 0 Å². The van der Waals surface area contributed by atoms with E-state index >= 15 is 0 Å². The molecule has 0 aliphatic carbocycles. The Hall–Kier alpha value is -2.31. The lowest BCUT2D eigenvalue weighted by atomic mass is 10.1. The predicted octanol–water partition coefficient (Wildman–Crippen LogP) is 5.09. The lowest BCUT2D eigenvalue weighted by Crippen LogP contribution is -2.12. The van der Waals surface area contributed by atoms with Gasteiger partial charge in [-0.15, -0.1) is 22.7 Å². The summed E-state index contributed by atoms with van der Waals surface area (Å²) in [5.41, 5.74) is 0.996. The van der Waals surface area contributed by atoms with Crippen LogP contribution in [0.2, 0.25) is 0 Å². The average Bonchev–Trinajstić information content (AvgIpc) is 3.25. The van der Waals surface area contributed by atoms with E-state index in [-0.39, 0.29) is 11.9 Å².